The van der Waals surface area contributed by atoms with E-state index in [1.54, 1.807) is 18.2 Å². The van der Waals surface area contributed by atoms with Crippen LogP contribution in [0.4, 0.5) is 18.9 Å². The molecular weight excluding hydrogens is 323 g/mol. The fourth-order valence-electron chi connectivity index (χ4n) is 2.36. The van der Waals surface area contributed by atoms with E-state index >= 15 is 0 Å². The molecule has 7 heteroatoms. The first-order chi connectivity index (χ1) is 11.2. The molecule has 0 aromatic heterocycles. The van der Waals surface area contributed by atoms with Crippen LogP contribution in [-0.2, 0) is 4.74 Å². The maximum Gasteiger partial charge on any atom is 0.418 e. The van der Waals surface area contributed by atoms with E-state index in [1.807, 2.05) is 6.92 Å². The van der Waals surface area contributed by atoms with E-state index < -0.39 is 18.3 Å². The molecule has 0 spiro atoms. The second kappa shape index (κ2) is 7.61. The Labute approximate surface area is 140 Å². The van der Waals surface area contributed by atoms with Gasteiger partial charge >= 0.3 is 6.18 Å². The van der Waals surface area contributed by atoms with E-state index in [0.717, 1.165) is 38.5 Å². The summed E-state index contributed by atoms with van der Waals surface area (Å²) in [5.41, 5.74) is -1.40. The molecule has 2 N–H and O–H groups in total. The van der Waals surface area contributed by atoms with Crippen LogP contribution in [0.5, 0.6) is 5.75 Å². The van der Waals surface area contributed by atoms with Crippen LogP contribution in [-0.4, -0.2) is 43.2 Å². The average molecular weight is 347 g/mol. The summed E-state index contributed by atoms with van der Waals surface area (Å²) >= 11 is 0. The van der Waals surface area contributed by atoms with Gasteiger partial charge in [-0.1, -0.05) is 6.07 Å². The van der Waals surface area contributed by atoms with Crippen LogP contribution in [0.3, 0.4) is 0 Å². The van der Waals surface area contributed by atoms with Crippen molar-refractivity contribution in [3.63, 3.8) is 0 Å². The van der Waals surface area contributed by atoms with Gasteiger partial charge < -0.3 is 19.9 Å². The Balaban J connectivity index is 1.95. The van der Waals surface area contributed by atoms with Crippen molar-refractivity contribution in [1.29, 1.82) is 0 Å². The first-order valence-corrected chi connectivity index (χ1v) is 8.03. The number of aliphatic hydroxyl groups is 1. The lowest BCUT2D eigenvalue weighted by Gasteiger charge is -2.27. The van der Waals surface area contributed by atoms with Crippen molar-refractivity contribution in [2.75, 3.05) is 31.7 Å². The Bertz CT molecular complexity index is 540. The van der Waals surface area contributed by atoms with E-state index in [0.29, 0.717) is 24.0 Å². The molecule has 0 aliphatic carbocycles. The molecule has 24 heavy (non-hydrogen) atoms. The second-order valence-electron chi connectivity index (χ2n) is 6.47. The standard InChI is InChI=1S/C17H24F3NO3/c1-12-3-4-14(21-11-16(2,22)17(18,19)20)9-15(12)24-10-13-5-7-23-8-6-13/h3-4,9,13,21-22H,5-8,10-11H2,1-2H3. The Hall–Kier alpha value is -1.47. The second-order valence-corrected chi connectivity index (χ2v) is 6.47. The topological polar surface area (TPSA) is 50.7 Å². The Morgan fingerprint density at radius 2 is 1.96 bits per heavy atom. The van der Waals surface area contributed by atoms with E-state index in [2.05, 4.69) is 5.32 Å². The Kier molecular flexibility index (Phi) is 5.98. The highest BCUT2D eigenvalue weighted by atomic mass is 19.4. The molecule has 4 nitrogen and oxygen atoms in total. The average Bonchev–Trinajstić information content (AvgIpc) is 2.53. The summed E-state index contributed by atoms with van der Waals surface area (Å²) in [5, 5.41) is 12.1. The molecule has 0 bridgehead atoms. The molecule has 1 heterocycles. The normalized spacial score (nSPS) is 18.9. The molecule has 1 aliphatic rings. The summed E-state index contributed by atoms with van der Waals surface area (Å²) < 4.78 is 49.2. The summed E-state index contributed by atoms with van der Waals surface area (Å²) in [7, 11) is 0. The van der Waals surface area contributed by atoms with Gasteiger partial charge in [-0.15, -0.1) is 0 Å². The first-order valence-electron chi connectivity index (χ1n) is 8.03. The van der Waals surface area contributed by atoms with Gasteiger partial charge in [-0.2, -0.15) is 13.2 Å². The highest BCUT2D eigenvalue weighted by Gasteiger charge is 2.49. The number of aryl methyl sites for hydroxylation is 1. The Morgan fingerprint density at radius 3 is 2.58 bits per heavy atom. The number of nitrogens with one attached hydrogen (secondary N) is 1. The first kappa shape index (κ1) is 18.9. The lowest BCUT2D eigenvalue weighted by molar-refractivity contribution is -0.246. The minimum absolute atomic E-state index is 0.431. The third kappa shape index (κ3) is 5.01. The predicted molar refractivity (Wildman–Crippen MR) is 85.4 cm³/mol. The van der Waals surface area contributed by atoms with Crippen LogP contribution in [0, 0.1) is 12.8 Å². The van der Waals surface area contributed by atoms with Crippen LogP contribution in [0.1, 0.15) is 25.3 Å². The van der Waals surface area contributed by atoms with Gasteiger partial charge in [0.25, 0.3) is 0 Å². The van der Waals surface area contributed by atoms with Gasteiger partial charge in [0.1, 0.15) is 5.75 Å². The number of anilines is 1. The number of alkyl halides is 3. The summed E-state index contributed by atoms with van der Waals surface area (Å²) in [5.74, 6) is 1.07. The van der Waals surface area contributed by atoms with E-state index in [4.69, 9.17) is 9.47 Å². The van der Waals surface area contributed by atoms with Crippen LogP contribution in [0.2, 0.25) is 0 Å². The molecule has 1 aliphatic heterocycles. The molecule has 0 amide bonds. The zero-order chi connectivity index (χ0) is 17.8. The van der Waals surface area contributed by atoms with Crippen molar-refractivity contribution in [3.8, 4) is 5.75 Å². The van der Waals surface area contributed by atoms with E-state index in [1.165, 1.54) is 0 Å². The molecule has 1 atom stereocenters. The molecule has 0 saturated carbocycles. The third-order valence-corrected chi connectivity index (χ3v) is 4.25. The van der Waals surface area contributed by atoms with Crippen molar-refractivity contribution < 1.29 is 27.8 Å². The number of ether oxygens (including phenoxy) is 2. The molecule has 1 unspecified atom stereocenters. The van der Waals surface area contributed by atoms with Gasteiger partial charge in [0.2, 0.25) is 0 Å². The maximum atomic E-state index is 12.7. The number of halogens is 3. The number of rotatable bonds is 6. The van der Waals surface area contributed by atoms with Gasteiger partial charge in [0.15, 0.2) is 5.60 Å². The van der Waals surface area contributed by atoms with Crippen molar-refractivity contribution in [1.82, 2.24) is 0 Å². The maximum absolute atomic E-state index is 12.7. The minimum atomic E-state index is -4.69. The largest absolute Gasteiger partial charge is 0.493 e. The quantitative estimate of drug-likeness (QED) is 0.827. The summed E-state index contributed by atoms with van der Waals surface area (Å²) in [6.45, 7) is 4.04. The SMILES string of the molecule is Cc1ccc(NCC(C)(O)C(F)(F)F)cc1OCC1CCOCC1. The number of benzene rings is 1. The fraction of sp³-hybridized carbons (Fsp3) is 0.647. The molecular formula is C17H24F3NO3. The summed E-state index contributed by atoms with van der Waals surface area (Å²) in [4.78, 5) is 0. The summed E-state index contributed by atoms with van der Waals surface area (Å²) in [6.07, 6.45) is -2.79. The van der Waals surface area contributed by atoms with Crippen LogP contribution in [0.25, 0.3) is 0 Å². The fourth-order valence-corrected chi connectivity index (χ4v) is 2.36. The molecule has 1 fully saturated rings. The number of hydrogen-bond donors (Lipinski definition) is 2. The molecule has 136 valence electrons. The molecule has 1 aromatic carbocycles. The van der Waals surface area contributed by atoms with Crippen molar-refractivity contribution in [2.24, 2.45) is 5.92 Å². The van der Waals surface area contributed by atoms with E-state index in [-0.39, 0.29) is 0 Å². The van der Waals surface area contributed by atoms with Crippen molar-refractivity contribution in [2.45, 2.75) is 38.5 Å². The van der Waals surface area contributed by atoms with Crippen LogP contribution < -0.4 is 10.1 Å². The van der Waals surface area contributed by atoms with Crippen LogP contribution in [0.15, 0.2) is 18.2 Å². The number of hydrogen-bond acceptors (Lipinski definition) is 4. The van der Waals surface area contributed by atoms with Crippen LogP contribution >= 0.6 is 0 Å². The van der Waals surface area contributed by atoms with E-state index in [9.17, 15) is 18.3 Å². The Morgan fingerprint density at radius 1 is 1.29 bits per heavy atom. The van der Waals surface area contributed by atoms with Crippen molar-refractivity contribution in [3.05, 3.63) is 23.8 Å². The van der Waals surface area contributed by atoms with Gasteiger partial charge in [-0.25, -0.2) is 0 Å². The van der Waals surface area contributed by atoms with Gasteiger partial charge in [0.05, 0.1) is 13.2 Å². The molecule has 0 radical (unpaired) electrons. The van der Waals surface area contributed by atoms with Gasteiger partial charge in [0, 0.05) is 25.0 Å². The monoisotopic (exact) mass is 347 g/mol. The summed E-state index contributed by atoms with van der Waals surface area (Å²) in [6, 6.07) is 5.12. The lowest BCUT2D eigenvalue weighted by atomic mass is 10.0. The predicted octanol–water partition coefficient (Wildman–Crippen LogP) is 3.53. The molecule has 2 rings (SSSR count). The smallest absolute Gasteiger partial charge is 0.418 e. The highest BCUT2D eigenvalue weighted by Crippen LogP contribution is 2.31. The lowest BCUT2D eigenvalue weighted by Crippen LogP contribution is -2.47. The third-order valence-electron chi connectivity index (χ3n) is 4.25. The zero-order valence-electron chi connectivity index (χ0n) is 13.9. The van der Waals surface area contributed by atoms with Crippen molar-refractivity contribution >= 4 is 5.69 Å². The zero-order valence-corrected chi connectivity index (χ0v) is 13.9. The molecule has 1 saturated heterocycles. The highest BCUT2D eigenvalue weighted by molar-refractivity contribution is 5.51. The minimum Gasteiger partial charge on any atom is -0.493 e. The van der Waals surface area contributed by atoms with Gasteiger partial charge in [-0.3, -0.25) is 0 Å². The van der Waals surface area contributed by atoms with Gasteiger partial charge in [-0.05, 0) is 44.2 Å². The molecule has 1 aromatic rings.